The molecule has 0 bridgehead atoms. The maximum Gasteiger partial charge on any atom is 0.137 e. The third-order valence-corrected chi connectivity index (χ3v) is 3.57. The molecule has 0 fully saturated rings. The summed E-state index contributed by atoms with van der Waals surface area (Å²) in [5.41, 5.74) is 11.7. The number of fused-ring (bicyclic) bond motifs is 1. The van der Waals surface area contributed by atoms with Gasteiger partial charge in [0.15, 0.2) is 0 Å². The summed E-state index contributed by atoms with van der Waals surface area (Å²) in [4.78, 5) is 4.28. The Morgan fingerprint density at radius 1 is 1.19 bits per heavy atom. The van der Waals surface area contributed by atoms with Gasteiger partial charge in [-0.05, 0) is 36.4 Å². The average molecular weight is 369 g/mol. The molecule has 0 aliphatic carbocycles. The summed E-state index contributed by atoms with van der Waals surface area (Å²) < 4.78 is 1.04. The Bertz CT molecular complexity index is 657. The van der Waals surface area contributed by atoms with Crippen molar-refractivity contribution in [1.82, 2.24) is 4.98 Å². The van der Waals surface area contributed by atoms with E-state index in [2.05, 4.69) is 36.8 Å². The van der Waals surface area contributed by atoms with Crippen LogP contribution in [0.4, 0.5) is 17.3 Å². The summed E-state index contributed by atoms with van der Waals surface area (Å²) in [6.45, 7) is 0.810. The zero-order chi connectivity index (χ0) is 13.9. The molecule has 0 atom stereocenters. The quantitative estimate of drug-likeness (QED) is 0.709. The molecule has 0 radical (unpaired) electrons. The Kier molecular flexibility index (Phi) is 5.03. The Labute approximate surface area is 137 Å². The predicted octanol–water partition coefficient (Wildman–Crippen LogP) is 3.48. The first-order valence-corrected chi connectivity index (χ1v) is 7.10. The van der Waals surface area contributed by atoms with Gasteiger partial charge in [-0.15, -0.1) is 12.4 Å². The molecule has 7 heteroatoms. The van der Waals surface area contributed by atoms with Crippen LogP contribution in [0.3, 0.4) is 0 Å². The smallest absolute Gasteiger partial charge is 0.137 e. The lowest BCUT2D eigenvalue weighted by molar-refractivity contribution is 1.04. The molecule has 1 aliphatic heterocycles. The minimum absolute atomic E-state index is 0. The van der Waals surface area contributed by atoms with Crippen molar-refractivity contribution < 1.29 is 0 Å². The van der Waals surface area contributed by atoms with Crippen LogP contribution in [0.5, 0.6) is 0 Å². The fourth-order valence-electron chi connectivity index (χ4n) is 2.05. The largest absolute Gasteiger partial charge is 0.384 e. The molecule has 21 heavy (non-hydrogen) atoms. The third kappa shape index (κ3) is 3.65. The van der Waals surface area contributed by atoms with Crippen molar-refractivity contribution in [2.75, 3.05) is 23.0 Å². The fourth-order valence-corrected chi connectivity index (χ4v) is 2.31. The molecule has 5 nitrogen and oxygen atoms in total. The van der Waals surface area contributed by atoms with Crippen LogP contribution in [0, 0.1) is 0 Å². The predicted molar refractivity (Wildman–Crippen MR) is 93.3 cm³/mol. The number of hydrogen-bond donors (Lipinski definition) is 3. The minimum atomic E-state index is 0. The summed E-state index contributed by atoms with van der Waals surface area (Å²) in [6.07, 6.45) is 0.849. The first kappa shape index (κ1) is 15.6. The van der Waals surface area contributed by atoms with Crippen LogP contribution >= 0.6 is 28.3 Å². The molecular weight excluding hydrogens is 354 g/mol. The molecule has 0 amide bonds. The van der Waals surface area contributed by atoms with E-state index in [1.165, 1.54) is 0 Å². The second kappa shape index (κ2) is 6.78. The highest BCUT2D eigenvalue weighted by atomic mass is 79.9. The van der Waals surface area contributed by atoms with E-state index >= 15 is 0 Å². The standard InChI is InChI=1S/C14H14BrN5.ClH/c15-9-1-3-10(4-2-9)19-20-12-7-8-17-14-11(12)5-6-13(16)18-14;/h1-6,19H,7-8H2,(H3,16,17,18);1H. The molecule has 0 saturated heterocycles. The number of benzene rings is 1. The molecule has 4 N–H and O–H groups in total. The van der Waals surface area contributed by atoms with Gasteiger partial charge in [-0.1, -0.05) is 15.9 Å². The van der Waals surface area contributed by atoms with Crippen molar-refractivity contribution in [3.63, 3.8) is 0 Å². The molecule has 3 rings (SSSR count). The lowest BCUT2D eigenvalue weighted by atomic mass is 10.1. The highest BCUT2D eigenvalue weighted by molar-refractivity contribution is 9.10. The SMILES string of the molecule is Cl.Nc1ccc2c(n1)NCCC2=NNc1ccc(Br)cc1. The highest BCUT2D eigenvalue weighted by Gasteiger charge is 2.16. The zero-order valence-corrected chi connectivity index (χ0v) is 13.5. The van der Waals surface area contributed by atoms with Crippen LogP contribution in [-0.4, -0.2) is 17.2 Å². The number of rotatable bonds is 2. The van der Waals surface area contributed by atoms with Gasteiger partial charge in [0, 0.05) is 23.0 Å². The molecule has 0 saturated carbocycles. The molecule has 110 valence electrons. The number of hydrogen-bond acceptors (Lipinski definition) is 5. The lowest BCUT2D eigenvalue weighted by Gasteiger charge is -2.19. The van der Waals surface area contributed by atoms with Gasteiger partial charge >= 0.3 is 0 Å². The Balaban J connectivity index is 0.00000161. The van der Waals surface area contributed by atoms with E-state index in [-0.39, 0.29) is 12.4 Å². The normalized spacial score (nSPS) is 14.8. The maximum atomic E-state index is 5.70. The molecule has 1 aliphatic rings. The summed E-state index contributed by atoms with van der Waals surface area (Å²) >= 11 is 3.41. The van der Waals surface area contributed by atoms with Crippen LogP contribution < -0.4 is 16.5 Å². The molecule has 0 spiro atoms. The molecular formula is C14H15BrClN5. The number of aromatic nitrogens is 1. The van der Waals surface area contributed by atoms with Crippen LogP contribution in [-0.2, 0) is 0 Å². The summed E-state index contributed by atoms with van der Waals surface area (Å²) in [5.74, 6) is 1.31. The van der Waals surface area contributed by atoms with Gasteiger partial charge in [0.05, 0.1) is 11.4 Å². The van der Waals surface area contributed by atoms with Crippen molar-refractivity contribution in [2.24, 2.45) is 5.10 Å². The van der Waals surface area contributed by atoms with Gasteiger partial charge < -0.3 is 11.1 Å². The summed E-state index contributed by atoms with van der Waals surface area (Å²) in [5, 5.41) is 7.72. The number of nitrogens with zero attached hydrogens (tertiary/aromatic N) is 2. The van der Waals surface area contributed by atoms with Crippen LogP contribution in [0.1, 0.15) is 12.0 Å². The van der Waals surface area contributed by atoms with E-state index < -0.39 is 0 Å². The number of anilines is 3. The minimum Gasteiger partial charge on any atom is -0.384 e. The maximum absolute atomic E-state index is 5.70. The third-order valence-electron chi connectivity index (χ3n) is 3.05. The van der Waals surface area contributed by atoms with E-state index in [0.717, 1.165) is 40.2 Å². The Morgan fingerprint density at radius 2 is 1.95 bits per heavy atom. The van der Waals surface area contributed by atoms with Crippen LogP contribution in [0.2, 0.25) is 0 Å². The molecule has 0 unspecified atom stereocenters. The number of nitrogens with one attached hydrogen (secondary N) is 2. The van der Waals surface area contributed by atoms with Gasteiger partial charge in [0.2, 0.25) is 0 Å². The molecule has 2 aromatic rings. The van der Waals surface area contributed by atoms with Crippen molar-refractivity contribution in [3.05, 3.63) is 46.4 Å². The molecule has 1 aromatic heterocycles. The zero-order valence-electron chi connectivity index (χ0n) is 11.1. The van der Waals surface area contributed by atoms with Gasteiger partial charge in [-0.2, -0.15) is 5.10 Å². The average Bonchev–Trinajstić information content (AvgIpc) is 2.46. The molecule has 1 aromatic carbocycles. The second-order valence-corrected chi connectivity index (χ2v) is 5.40. The van der Waals surface area contributed by atoms with E-state index in [4.69, 9.17) is 5.73 Å². The van der Waals surface area contributed by atoms with E-state index in [9.17, 15) is 0 Å². The molecule has 2 heterocycles. The number of halogens is 2. The first-order valence-electron chi connectivity index (χ1n) is 6.31. The van der Waals surface area contributed by atoms with Crippen molar-refractivity contribution in [3.8, 4) is 0 Å². The number of pyridine rings is 1. The monoisotopic (exact) mass is 367 g/mol. The van der Waals surface area contributed by atoms with Gasteiger partial charge in [-0.3, -0.25) is 5.43 Å². The lowest BCUT2D eigenvalue weighted by Crippen LogP contribution is -2.21. The van der Waals surface area contributed by atoms with E-state index in [1.54, 1.807) is 6.07 Å². The van der Waals surface area contributed by atoms with Crippen LogP contribution in [0.25, 0.3) is 0 Å². The topological polar surface area (TPSA) is 75.3 Å². The summed E-state index contributed by atoms with van der Waals surface area (Å²) in [7, 11) is 0. The van der Waals surface area contributed by atoms with Crippen molar-refractivity contribution in [1.29, 1.82) is 0 Å². The number of nitrogen functional groups attached to an aromatic ring is 1. The Hall–Kier alpha value is -1.79. The fraction of sp³-hybridized carbons (Fsp3) is 0.143. The number of nitrogens with two attached hydrogens (primary N) is 1. The van der Waals surface area contributed by atoms with Gasteiger partial charge in [0.1, 0.15) is 11.6 Å². The van der Waals surface area contributed by atoms with Gasteiger partial charge in [0.25, 0.3) is 0 Å². The van der Waals surface area contributed by atoms with Crippen LogP contribution in [0.15, 0.2) is 46.0 Å². The number of hydrazone groups is 1. The van der Waals surface area contributed by atoms with E-state index in [1.807, 2.05) is 30.3 Å². The van der Waals surface area contributed by atoms with Crippen molar-refractivity contribution in [2.45, 2.75) is 6.42 Å². The first-order chi connectivity index (χ1) is 9.72. The van der Waals surface area contributed by atoms with E-state index in [0.29, 0.717) is 5.82 Å². The highest BCUT2D eigenvalue weighted by Crippen LogP contribution is 2.22. The second-order valence-electron chi connectivity index (χ2n) is 4.49. The van der Waals surface area contributed by atoms with Gasteiger partial charge in [-0.25, -0.2) is 4.98 Å². The Morgan fingerprint density at radius 3 is 2.71 bits per heavy atom. The summed E-state index contributed by atoms with van der Waals surface area (Å²) in [6, 6.07) is 11.6. The van der Waals surface area contributed by atoms with Crippen molar-refractivity contribution >= 4 is 51.4 Å².